The van der Waals surface area contributed by atoms with E-state index in [1.54, 1.807) is 4.90 Å². The van der Waals surface area contributed by atoms with Crippen LogP contribution in [0.1, 0.15) is 19.8 Å². The smallest absolute Gasteiger partial charge is 0.240 e. The molecule has 2 amide bonds. The van der Waals surface area contributed by atoms with Crippen LogP contribution < -0.4 is 11.5 Å². The number of amides is 2. The van der Waals surface area contributed by atoms with Crippen molar-refractivity contribution in [3.63, 3.8) is 0 Å². The van der Waals surface area contributed by atoms with Crippen molar-refractivity contribution < 1.29 is 14.7 Å². The molecule has 0 aromatic heterocycles. The fraction of sp³-hybridized carbons (Fsp3) is 0.800. The molecule has 0 aliphatic carbocycles. The number of aliphatic hydroxyl groups excluding tert-OH is 1. The summed E-state index contributed by atoms with van der Waals surface area (Å²) in [6.45, 7) is 2.49. The van der Waals surface area contributed by atoms with E-state index in [9.17, 15) is 14.7 Å². The lowest BCUT2D eigenvalue weighted by Gasteiger charge is -2.27. The maximum absolute atomic E-state index is 11.9. The molecule has 1 aliphatic rings. The van der Waals surface area contributed by atoms with Gasteiger partial charge in [-0.15, -0.1) is 0 Å². The second-order valence-corrected chi connectivity index (χ2v) is 4.32. The lowest BCUT2D eigenvalue weighted by molar-refractivity contribution is -0.136. The van der Waals surface area contributed by atoms with Crippen LogP contribution >= 0.6 is 0 Å². The second kappa shape index (κ2) is 5.27. The summed E-state index contributed by atoms with van der Waals surface area (Å²) < 4.78 is 0. The maximum atomic E-state index is 11.9. The third kappa shape index (κ3) is 2.70. The molecule has 0 radical (unpaired) electrons. The van der Waals surface area contributed by atoms with Gasteiger partial charge in [0.15, 0.2) is 0 Å². The zero-order valence-corrected chi connectivity index (χ0v) is 9.43. The summed E-state index contributed by atoms with van der Waals surface area (Å²) in [6.07, 6.45) is 0.697. The molecule has 0 aromatic carbocycles. The van der Waals surface area contributed by atoms with Crippen molar-refractivity contribution in [3.05, 3.63) is 0 Å². The number of nitrogens with two attached hydrogens (primary N) is 2. The predicted octanol–water partition coefficient (Wildman–Crippen LogP) is -1.58. The summed E-state index contributed by atoms with van der Waals surface area (Å²) in [4.78, 5) is 24.1. The van der Waals surface area contributed by atoms with E-state index >= 15 is 0 Å². The molecule has 5 N–H and O–H groups in total. The summed E-state index contributed by atoms with van der Waals surface area (Å²) in [6, 6.07) is -1.08. The highest BCUT2D eigenvalue weighted by Gasteiger charge is 2.36. The van der Waals surface area contributed by atoms with Gasteiger partial charge in [0.1, 0.15) is 0 Å². The first-order chi connectivity index (χ1) is 7.47. The number of carbonyl (C=O) groups is 2. The Kier molecular flexibility index (Phi) is 4.26. The lowest BCUT2D eigenvalue weighted by atomic mass is 10.0. The number of nitrogens with zero attached hydrogens (tertiary/aromatic N) is 1. The Labute approximate surface area is 94.6 Å². The molecular weight excluding hydrogens is 210 g/mol. The molecule has 1 fully saturated rings. The number of hydrogen-bond acceptors (Lipinski definition) is 4. The number of hydrogen-bond donors (Lipinski definition) is 3. The first-order valence-corrected chi connectivity index (χ1v) is 5.42. The van der Waals surface area contributed by atoms with Crippen molar-refractivity contribution in [3.8, 4) is 0 Å². The Morgan fingerprint density at radius 3 is 2.69 bits per heavy atom. The average Bonchev–Trinajstić information content (AvgIpc) is 2.57. The van der Waals surface area contributed by atoms with E-state index < -0.39 is 11.9 Å². The van der Waals surface area contributed by atoms with E-state index in [2.05, 4.69) is 0 Å². The average molecular weight is 229 g/mol. The molecule has 1 aliphatic heterocycles. The van der Waals surface area contributed by atoms with Gasteiger partial charge < -0.3 is 21.5 Å². The summed E-state index contributed by atoms with van der Waals surface area (Å²) in [5.74, 6) is -0.634. The van der Waals surface area contributed by atoms with Crippen LogP contribution in [-0.4, -0.2) is 47.1 Å². The topological polar surface area (TPSA) is 110 Å². The molecule has 1 saturated heterocycles. The van der Waals surface area contributed by atoms with Gasteiger partial charge in [0.2, 0.25) is 11.8 Å². The molecule has 92 valence electrons. The highest BCUT2D eigenvalue weighted by Crippen LogP contribution is 2.24. The summed E-state index contributed by atoms with van der Waals surface area (Å²) >= 11 is 0. The number of rotatable bonds is 4. The maximum Gasteiger partial charge on any atom is 0.240 e. The SMILES string of the molecule is CC1CCN(C(=O)C(N)CC(N)=O)C1CO. The van der Waals surface area contributed by atoms with Crippen LogP contribution in [0.2, 0.25) is 0 Å². The van der Waals surface area contributed by atoms with Gasteiger partial charge in [0, 0.05) is 6.54 Å². The van der Waals surface area contributed by atoms with Crippen molar-refractivity contribution in [2.75, 3.05) is 13.2 Å². The molecular formula is C10H19N3O3. The molecule has 0 aromatic rings. The molecule has 16 heavy (non-hydrogen) atoms. The van der Waals surface area contributed by atoms with Gasteiger partial charge >= 0.3 is 0 Å². The summed E-state index contributed by atoms with van der Waals surface area (Å²) in [5, 5.41) is 9.19. The van der Waals surface area contributed by atoms with Gasteiger partial charge in [-0.25, -0.2) is 0 Å². The minimum Gasteiger partial charge on any atom is -0.394 e. The lowest BCUT2D eigenvalue weighted by Crippen LogP contribution is -2.49. The zero-order chi connectivity index (χ0) is 12.3. The zero-order valence-electron chi connectivity index (χ0n) is 9.43. The number of aliphatic hydroxyl groups is 1. The van der Waals surface area contributed by atoms with Gasteiger partial charge in [-0.1, -0.05) is 6.92 Å². The minimum atomic E-state index is -0.892. The normalized spacial score (nSPS) is 26.8. The third-order valence-corrected chi connectivity index (χ3v) is 3.09. The quantitative estimate of drug-likeness (QED) is 0.540. The van der Waals surface area contributed by atoms with Gasteiger partial charge in [-0.2, -0.15) is 0 Å². The van der Waals surface area contributed by atoms with Crippen LogP contribution in [0.4, 0.5) is 0 Å². The van der Waals surface area contributed by atoms with Crippen LogP contribution in [0.25, 0.3) is 0 Å². The van der Waals surface area contributed by atoms with E-state index in [1.165, 1.54) is 0 Å². The fourth-order valence-electron chi connectivity index (χ4n) is 2.08. The largest absolute Gasteiger partial charge is 0.394 e. The number of carbonyl (C=O) groups excluding carboxylic acids is 2. The molecule has 6 heteroatoms. The molecule has 0 spiro atoms. The monoisotopic (exact) mass is 229 g/mol. The number of primary amides is 1. The Morgan fingerprint density at radius 1 is 1.56 bits per heavy atom. The summed E-state index contributed by atoms with van der Waals surface area (Å²) in [7, 11) is 0. The Bertz CT molecular complexity index is 282. The molecule has 0 saturated carbocycles. The summed E-state index contributed by atoms with van der Waals surface area (Å²) in [5.41, 5.74) is 10.6. The van der Waals surface area contributed by atoms with Gasteiger partial charge in [0.05, 0.1) is 25.1 Å². The first-order valence-electron chi connectivity index (χ1n) is 5.42. The predicted molar refractivity (Wildman–Crippen MR) is 58.2 cm³/mol. The Hall–Kier alpha value is -1.14. The fourth-order valence-corrected chi connectivity index (χ4v) is 2.08. The Balaban J connectivity index is 2.63. The van der Waals surface area contributed by atoms with Crippen LogP contribution in [0.3, 0.4) is 0 Å². The van der Waals surface area contributed by atoms with E-state index in [4.69, 9.17) is 11.5 Å². The molecule has 1 rings (SSSR count). The minimum absolute atomic E-state index is 0.0732. The van der Waals surface area contributed by atoms with Gasteiger partial charge in [-0.3, -0.25) is 9.59 Å². The molecule has 0 bridgehead atoms. The van der Waals surface area contributed by atoms with Crippen molar-refractivity contribution in [1.29, 1.82) is 0 Å². The van der Waals surface area contributed by atoms with E-state index in [0.29, 0.717) is 6.54 Å². The van der Waals surface area contributed by atoms with E-state index in [0.717, 1.165) is 6.42 Å². The van der Waals surface area contributed by atoms with Crippen molar-refractivity contribution >= 4 is 11.8 Å². The molecule has 3 atom stereocenters. The van der Waals surface area contributed by atoms with Crippen molar-refractivity contribution in [2.45, 2.75) is 31.8 Å². The van der Waals surface area contributed by atoms with Gasteiger partial charge in [0.25, 0.3) is 0 Å². The van der Waals surface area contributed by atoms with Crippen molar-refractivity contribution in [2.24, 2.45) is 17.4 Å². The Morgan fingerprint density at radius 2 is 2.19 bits per heavy atom. The van der Waals surface area contributed by atoms with E-state index in [1.807, 2.05) is 6.92 Å². The molecule has 3 unspecified atom stereocenters. The molecule has 1 heterocycles. The van der Waals surface area contributed by atoms with Crippen LogP contribution in [-0.2, 0) is 9.59 Å². The van der Waals surface area contributed by atoms with Crippen molar-refractivity contribution in [1.82, 2.24) is 4.90 Å². The highest BCUT2D eigenvalue weighted by molar-refractivity contribution is 5.87. The van der Waals surface area contributed by atoms with Crippen LogP contribution in [0, 0.1) is 5.92 Å². The second-order valence-electron chi connectivity index (χ2n) is 4.32. The first kappa shape index (κ1) is 12.9. The van der Waals surface area contributed by atoms with E-state index in [-0.39, 0.29) is 30.9 Å². The molecule has 6 nitrogen and oxygen atoms in total. The standard InChI is InChI=1S/C10H19N3O3/c1-6-2-3-13(8(6)5-14)10(16)7(11)4-9(12)15/h6-8,14H,2-5,11H2,1H3,(H2,12,15). The van der Waals surface area contributed by atoms with Crippen LogP contribution in [0.5, 0.6) is 0 Å². The van der Waals surface area contributed by atoms with Crippen LogP contribution in [0.15, 0.2) is 0 Å². The highest BCUT2D eigenvalue weighted by atomic mass is 16.3. The third-order valence-electron chi connectivity index (χ3n) is 3.09. The van der Waals surface area contributed by atoms with Gasteiger partial charge in [-0.05, 0) is 12.3 Å². The number of likely N-dealkylation sites (tertiary alicyclic amines) is 1.